The molecule has 4 heteroatoms. The standard InChI is InChI=1S/C48H29N3O/c1-2-12-30(13-3-1)51-41-19-9-4-14-33(41)36-24-26-44-47(48(36)51)37-17-6-10-20-42(37)50(44)31-22-25-43-38(28-31)34-15-5-8-18-40(34)49(43)32-23-27-46-39(29-32)35-16-7-11-21-45(35)52-46/h1-29H. The lowest BCUT2D eigenvalue weighted by Crippen LogP contribution is -1.96. The highest BCUT2D eigenvalue weighted by molar-refractivity contribution is 6.26. The molecule has 0 saturated carbocycles. The second kappa shape index (κ2) is 10.3. The molecule has 0 atom stereocenters. The summed E-state index contributed by atoms with van der Waals surface area (Å²) in [4.78, 5) is 0. The minimum Gasteiger partial charge on any atom is -0.456 e. The number of benzene rings is 8. The lowest BCUT2D eigenvalue weighted by atomic mass is 10.1. The third kappa shape index (κ3) is 3.65. The minimum absolute atomic E-state index is 0.903. The molecule has 0 unspecified atom stereocenters. The Morgan fingerprint density at radius 3 is 1.60 bits per heavy atom. The third-order valence-electron chi connectivity index (χ3n) is 11.0. The van der Waals surface area contributed by atoms with Crippen LogP contribution in [0.15, 0.2) is 180 Å². The van der Waals surface area contributed by atoms with Gasteiger partial charge in [-0.2, -0.15) is 0 Å². The van der Waals surface area contributed by atoms with Gasteiger partial charge in [0.2, 0.25) is 0 Å². The fourth-order valence-electron chi connectivity index (χ4n) is 8.86. The molecule has 0 amide bonds. The van der Waals surface area contributed by atoms with Crippen molar-refractivity contribution in [2.45, 2.75) is 0 Å². The Morgan fingerprint density at radius 2 is 0.808 bits per heavy atom. The lowest BCUT2D eigenvalue weighted by molar-refractivity contribution is 0.669. The summed E-state index contributed by atoms with van der Waals surface area (Å²) >= 11 is 0. The Labute approximate surface area is 297 Å². The van der Waals surface area contributed by atoms with Crippen molar-refractivity contribution in [1.29, 1.82) is 0 Å². The number of hydrogen-bond acceptors (Lipinski definition) is 1. The summed E-state index contributed by atoms with van der Waals surface area (Å²) < 4.78 is 13.5. The molecule has 0 aliphatic heterocycles. The fourth-order valence-corrected chi connectivity index (χ4v) is 8.86. The second-order valence-corrected chi connectivity index (χ2v) is 13.7. The van der Waals surface area contributed by atoms with Gasteiger partial charge in [0.25, 0.3) is 0 Å². The van der Waals surface area contributed by atoms with E-state index in [0.717, 1.165) is 39.0 Å². The first-order valence-electron chi connectivity index (χ1n) is 17.8. The van der Waals surface area contributed by atoms with E-state index in [0.29, 0.717) is 0 Å². The molecule has 4 heterocycles. The van der Waals surface area contributed by atoms with Crippen LogP contribution in [0.2, 0.25) is 0 Å². The highest BCUT2D eigenvalue weighted by Crippen LogP contribution is 2.43. The molecule has 0 bridgehead atoms. The molecule has 0 aliphatic rings. The van der Waals surface area contributed by atoms with Gasteiger partial charge in [0, 0.05) is 60.2 Å². The van der Waals surface area contributed by atoms with E-state index in [-0.39, 0.29) is 0 Å². The van der Waals surface area contributed by atoms with E-state index in [9.17, 15) is 0 Å². The molecule has 0 spiro atoms. The SMILES string of the molecule is c1ccc(-n2c3ccccc3c3ccc4c(c5ccccc5n4-c4ccc5c(c4)c4ccccc4n5-c4ccc5oc6ccccc6c5c4)c32)cc1. The maximum atomic E-state index is 6.19. The van der Waals surface area contributed by atoms with Gasteiger partial charge in [-0.05, 0) is 78.9 Å². The summed E-state index contributed by atoms with van der Waals surface area (Å²) in [7, 11) is 0. The molecule has 8 aromatic carbocycles. The largest absolute Gasteiger partial charge is 0.456 e. The first-order chi connectivity index (χ1) is 25.8. The van der Waals surface area contributed by atoms with Gasteiger partial charge in [-0.15, -0.1) is 0 Å². The number of aromatic nitrogens is 3. The van der Waals surface area contributed by atoms with Gasteiger partial charge >= 0.3 is 0 Å². The average molecular weight is 664 g/mol. The van der Waals surface area contributed by atoms with E-state index >= 15 is 0 Å². The number of rotatable bonds is 3. The third-order valence-corrected chi connectivity index (χ3v) is 11.0. The van der Waals surface area contributed by atoms with Crippen molar-refractivity contribution in [1.82, 2.24) is 13.7 Å². The van der Waals surface area contributed by atoms with E-state index in [1.807, 2.05) is 12.1 Å². The summed E-state index contributed by atoms with van der Waals surface area (Å²) in [6.45, 7) is 0. The van der Waals surface area contributed by atoms with Crippen LogP contribution in [0.4, 0.5) is 0 Å². The van der Waals surface area contributed by atoms with Crippen LogP contribution in [0.1, 0.15) is 0 Å². The second-order valence-electron chi connectivity index (χ2n) is 13.7. The molecule has 4 aromatic heterocycles. The number of nitrogens with zero attached hydrogens (tertiary/aromatic N) is 3. The van der Waals surface area contributed by atoms with Crippen LogP contribution in [0.25, 0.3) is 104 Å². The van der Waals surface area contributed by atoms with E-state index < -0.39 is 0 Å². The molecule has 12 rings (SSSR count). The van der Waals surface area contributed by atoms with E-state index in [1.54, 1.807) is 0 Å². The molecule has 52 heavy (non-hydrogen) atoms. The quantitative estimate of drug-likeness (QED) is 0.185. The molecular weight excluding hydrogens is 635 g/mol. The first-order valence-corrected chi connectivity index (χ1v) is 17.8. The summed E-state index contributed by atoms with van der Waals surface area (Å²) in [6.07, 6.45) is 0. The zero-order valence-corrected chi connectivity index (χ0v) is 28.0. The van der Waals surface area contributed by atoms with Crippen molar-refractivity contribution in [3.63, 3.8) is 0 Å². The Morgan fingerprint density at radius 1 is 0.288 bits per heavy atom. The highest BCUT2D eigenvalue weighted by atomic mass is 16.3. The van der Waals surface area contributed by atoms with Crippen LogP contribution >= 0.6 is 0 Å². The molecule has 242 valence electrons. The Bertz CT molecular complexity index is 3410. The maximum Gasteiger partial charge on any atom is 0.135 e. The molecule has 0 aliphatic carbocycles. The summed E-state index contributed by atoms with van der Waals surface area (Å²) in [5.41, 5.74) is 12.4. The van der Waals surface area contributed by atoms with Gasteiger partial charge in [-0.25, -0.2) is 0 Å². The number of hydrogen-bond donors (Lipinski definition) is 0. The van der Waals surface area contributed by atoms with Crippen molar-refractivity contribution >= 4 is 87.4 Å². The van der Waals surface area contributed by atoms with Gasteiger partial charge < -0.3 is 18.1 Å². The monoisotopic (exact) mass is 663 g/mol. The van der Waals surface area contributed by atoms with Crippen LogP contribution < -0.4 is 0 Å². The predicted molar refractivity (Wildman–Crippen MR) is 217 cm³/mol. The van der Waals surface area contributed by atoms with Crippen molar-refractivity contribution in [2.24, 2.45) is 0 Å². The van der Waals surface area contributed by atoms with Crippen LogP contribution in [0.5, 0.6) is 0 Å². The normalized spacial score (nSPS) is 12.2. The molecule has 0 radical (unpaired) electrons. The summed E-state index contributed by atoms with van der Waals surface area (Å²) in [5, 5.41) is 9.73. The van der Waals surface area contributed by atoms with E-state index in [2.05, 4.69) is 177 Å². The highest BCUT2D eigenvalue weighted by Gasteiger charge is 2.22. The topological polar surface area (TPSA) is 27.9 Å². The van der Waals surface area contributed by atoms with Crippen LogP contribution in [0, 0.1) is 0 Å². The first kappa shape index (κ1) is 27.7. The Hall–Kier alpha value is -7.04. The van der Waals surface area contributed by atoms with Crippen molar-refractivity contribution < 1.29 is 4.42 Å². The number of para-hydroxylation sites is 5. The zero-order valence-electron chi connectivity index (χ0n) is 28.0. The molecule has 4 nitrogen and oxygen atoms in total. The van der Waals surface area contributed by atoms with Crippen molar-refractivity contribution in [3.05, 3.63) is 176 Å². The van der Waals surface area contributed by atoms with Crippen LogP contribution in [-0.4, -0.2) is 13.7 Å². The van der Waals surface area contributed by atoms with Crippen molar-refractivity contribution in [2.75, 3.05) is 0 Å². The predicted octanol–water partition coefficient (Wildman–Crippen LogP) is 12.9. The van der Waals surface area contributed by atoms with E-state index in [4.69, 9.17) is 4.42 Å². The summed E-state index contributed by atoms with van der Waals surface area (Å²) in [6, 6.07) is 63.6. The smallest absolute Gasteiger partial charge is 0.135 e. The number of furan rings is 1. The van der Waals surface area contributed by atoms with Crippen LogP contribution in [0.3, 0.4) is 0 Å². The molecule has 0 saturated heterocycles. The van der Waals surface area contributed by atoms with Gasteiger partial charge in [0.05, 0.1) is 33.1 Å². The molecule has 0 N–H and O–H groups in total. The minimum atomic E-state index is 0.903. The fraction of sp³-hybridized carbons (Fsp3) is 0. The molecule has 0 fully saturated rings. The Kier molecular flexibility index (Phi) is 5.47. The van der Waals surface area contributed by atoms with Gasteiger partial charge in [-0.3, -0.25) is 0 Å². The van der Waals surface area contributed by atoms with Gasteiger partial charge in [0.1, 0.15) is 11.2 Å². The van der Waals surface area contributed by atoms with Crippen molar-refractivity contribution in [3.8, 4) is 17.1 Å². The maximum absolute atomic E-state index is 6.19. The van der Waals surface area contributed by atoms with Crippen LogP contribution in [-0.2, 0) is 0 Å². The molecular formula is C48H29N3O. The Balaban J connectivity index is 1.15. The molecule has 12 aromatic rings. The lowest BCUT2D eigenvalue weighted by Gasteiger charge is -2.11. The number of fused-ring (bicyclic) bond motifs is 13. The van der Waals surface area contributed by atoms with E-state index in [1.165, 1.54) is 65.4 Å². The van der Waals surface area contributed by atoms with Gasteiger partial charge in [-0.1, -0.05) is 97.1 Å². The zero-order chi connectivity index (χ0) is 33.9. The van der Waals surface area contributed by atoms with Gasteiger partial charge in [0.15, 0.2) is 0 Å². The summed E-state index contributed by atoms with van der Waals surface area (Å²) in [5.74, 6) is 0. The average Bonchev–Trinajstić information content (AvgIpc) is 3.94.